The number of nitrogens with one attached hydrogen (secondary N) is 2. The molecular weight excluding hydrogens is 272 g/mol. The minimum atomic E-state index is -0.109. The number of aromatic nitrogens is 1. The van der Waals surface area contributed by atoms with E-state index in [0.29, 0.717) is 18.2 Å². The first-order valence-corrected chi connectivity index (χ1v) is 6.19. The van der Waals surface area contributed by atoms with Gasteiger partial charge < -0.3 is 15.4 Å². The molecule has 4 nitrogen and oxygen atoms in total. The third-order valence-corrected chi connectivity index (χ3v) is 3.02. The van der Waals surface area contributed by atoms with Gasteiger partial charge in [0.15, 0.2) is 0 Å². The Morgan fingerprint density at radius 3 is 2.94 bits per heavy atom. The standard InChI is InChI=1S/C11H17BrN2O2/c1-2-8(3-4-15)6-14-11(16)10-5-9(12)7-13-10/h5,7-8,13,15H,2-4,6H2,1H3,(H,14,16). The Bertz CT molecular complexity index is 338. The molecule has 0 aliphatic heterocycles. The smallest absolute Gasteiger partial charge is 0.267 e. The molecule has 0 saturated heterocycles. The lowest BCUT2D eigenvalue weighted by Crippen LogP contribution is -2.29. The summed E-state index contributed by atoms with van der Waals surface area (Å²) < 4.78 is 0.861. The number of H-pyrrole nitrogens is 1. The Morgan fingerprint density at radius 2 is 2.44 bits per heavy atom. The van der Waals surface area contributed by atoms with Crippen molar-refractivity contribution in [2.45, 2.75) is 19.8 Å². The van der Waals surface area contributed by atoms with Gasteiger partial charge in [-0.05, 0) is 34.3 Å². The van der Waals surface area contributed by atoms with Gasteiger partial charge in [-0.1, -0.05) is 13.3 Å². The fourth-order valence-electron chi connectivity index (χ4n) is 1.46. The lowest BCUT2D eigenvalue weighted by atomic mass is 10.0. The van der Waals surface area contributed by atoms with Crippen molar-refractivity contribution in [1.29, 1.82) is 0 Å². The van der Waals surface area contributed by atoms with Crippen LogP contribution >= 0.6 is 15.9 Å². The van der Waals surface area contributed by atoms with Crippen molar-refractivity contribution < 1.29 is 9.90 Å². The van der Waals surface area contributed by atoms with E-state index in [2.05, 4.69) is 33.2 Å². The summed E-state index contributed by atoms with van der Waals surface area (Å²) in [4.78, 5) is 14.5. The number of carbonyl (C=O) groups excluding carboxylic acids is 1. The first kappa shape index (κ1) is 13.3. The zero-order valence-electron chi connectivity index (χ0n) is 9.29. The van der Waals surface area contributed by atoms with Crippen LogP contribution in [0.5, 0.6) is 0 Å². The second-order valence-corrected chi connectivity index (χ2v) is 4.64. The van der Waals surface area contributed by atoms with E-state index in [1.165, 1.54) is 0 Å². The minimum absolute atomic E-state index is 0.109. The van der Waals surface area contributed by atoms with Gasteiger partial charge in [-0.2, -0.15) is 0 Å². The molecule has 1 aromatic rings. The van der Waals surface area contributed by atoms with Gasteiger partial charge >= 0.3 is 0 Å². The fourth-order valence-corrected chi connectivity index (χ4v) is 1.81. The van der Waals surface area contributed by atoms with Gasteiger partial charge in [0.25, 0.3) is 5.91 Å². The van der Waals surface area contributed by atoms with E-state index in [-0.39, 0.29) is 12.5 Å². The van der Waals surface area contributed by atoms with Crippen molar-refractivity contribution in [3.63, 3.8) is 0 Å². The zero-order chi connectivity index (χ0) is 12.0. The zero-order valence-corrected chi connectivity index (χ0v) is 10.9. The third-order valence-electron chi connectivity index (χ3n) is 2.56. The summed E-state index contributed by atoms with van der Waals surface area (Å²) in [6, 6.07) is 1.74. The SMILES string of the molecule is CCC(CCO)CNC(=O)c1cc(Br)c[nH]1. The second kappa shape index (κ2) is 6.70. The lowest BCUT2D eigenvalue weighted by Gasteiger charge is -2.13. The van der Waals surface area contributed by atoms with Crippen LogP contribution in [0.25, 0.3) is 0 Å². The summed E-state index contributed by atoms with van der Waals surface area (Å²) in [7, 11) is 0. The van der Waals surface area contributed by atoms with Gasteiger partial charge in [-0.15, -0.1) is 0 Å². The highest BCUT2D eigenvalue weighted by Crippen LogP contribution is 2.11. The number of aliphatic hydroxyl groups excluding tert-OH is 1. The number of halogens is 1. The molecule has 5 heteroatoms. The number of hydrogen-bond donors (Lipinski definition) is 3. The molecule has 90 valence electrons. The maximum atomic E-state index is 11.7. The molecule has 0 aliphatic carbocycles. The van der Waals surface area contributed by atoms with Crippen molar-refractivity contribution >= 4 is 21.8 Å². The van der Waals surface area contributed by atoms with Crippen LogP contribution in [-0.2, 0) is 0 Å². The van der Waals surface area contributed by atoms with Gasteiger partial charge in [0, 0.05) is 23.8 Å². The summed E-state index contributed by atoms with van der Waals surface area (Å²) in [5.74, 6) is 0.231. The molecule has 0 radical (unpaired) electrons. The predicted molar refractivity (Wildman–Crippen MR) is 66.3 cm³/mol. The third kappa shape index (κ3) is 3.98. The molecule has 0 aliphatic rings. The summed E-state index contributed by atoms with van der Waals surface area (Å²) in [5, 5.41) is 11.7. The highest BCUT2D eigenvalue weighted by Gasteiger charge is 2.10. The Labute approximate surface area is 104 Å². The molecule has 3 N–H and O–H groups in total. The summed E-state index contributed by atoms with van der Waals surface area (Å²) in [6.07, 6.45) is 3.40. The lowest BCUT2D eigenvalue weighted by molar-refractivity contribution is 0.0939. The molecule has 1 unspecified atom stereocenters. The maximum Gasteiger partial charge on any atom is 0.267 e. The van der Waals surface area contributed by atoms with Crippen molar-refractivity contribution in [3.05, 3.63) is 22.4 Å². The van der Waals surface area contributed by atoms with Gasteiger partial charge in [0.2, 0.25) is 0 Å². The highest BCUT2D eigenvalue weighted by molar-refractivity contribution is 9.10. The summed E-state index contributed by atoms with van der Waals surface area (Å²) in [6.45, 7) is 2.83. The van der Waals surface area contributed by atoms with E-state index in [0.717, 1.165) is 17.3 Å². The van der Waals surface area contributed by atoms with Gasteiger partial charge in [0.05, 0.1) is 0 Å². The molecule has 1 heterocycles. The van der Waals surface area contributed by atoms with E-state index in [4.69, 9.17) is 5.11 Å². The average Bonchev–Trinajstić information content (AvgIpc) is 2.70. The van der Waals surface area contributed by atoms with Crippen LogP contribution in [0.15, 0.2) is 16.7 Å². The predicted octanol–water partition coefficient (Wildman–Crippen LogP) is 1.92. The van der Waals surface area contributed by atoms with Crippen LogP contribution in [0.3, 0.4) is 0 Å². The highest BCUT2D eigenvalue weighted by atomic mass is 79.9. The van der Waals surface area contributed by atoms with Crippen molar-refractivity contribution in [2.24, 2.45) is 5.92 Å². The van der Waals surface area contributed by atoms with Crippen LogP contribution < -0.4 is 5.32 Å². The fraction of sp³-hybridized carbons (Fsp3) is 0.545. The number of rotatable bonds is 6. The number of aromatic amines is 1. The Balaban J connectivity index is 2.40. The van der Waals surface area contributed by atoms with Crippen LogP contribution in [0, 0.1) is 5.92 Å². The van der Waals surface area contributed by atoms with Gasteiger partial charge in [-0.25, -0.2) is 0 Å². The molecule has 0 fully saturated rings. The van der Waals surface area contributed by atoms with Crippen LogP contribution in [0.2, 0.25) is 0 Å². The first-order valence-electron chi connectivity index (χ1n) is 5.40. The van der Waals surface area contributed by atoms with Crippen molar-refractivity contribution in [1.82, 2.24) is 10.3 Å². The molecule has 0 saturated carbocycles. The molecule has 1 aromatic heterocycles. The monoisotopic (exact) mass is 288 g/mol. The second-order valence-electron chi connectivity index (χ2n) is 3.73. The summed E-state index contributed by atoms with van der Waals surface area (Å²) >= 11 is 3.27. The maximum absolute atomic E-state index is 11.7. The average molecular weight is 289 g/mol. The van der Waals surface area contributed by atoms with Gasteiger partial charge in [0.1, 0.15) is 5.69 Å². The molecule has 0 bridgehead atoms. The molecule has 1 rings (SSSR count). The Hall–Kier alpha value is -0.810. The van der Waals surface area contributed by atoms with Crippen molar-refractivity contribution in [3.8, 4) is 0 Å². The van der Waals surface area contributed by atoms with E-state index < -0.39 is 0 Å². The minimum Gasteiger partial charge on any atom is -0.396 e. The summed E-state index contributed by atoms with van der Waals surface area (Å²) in [5.41, 5.74) is 0.547. The van der Waals surface area contributed by atoms with E-state index in [1.807, 2.05) is 0 Å². The first-order chi connectivity index (χ1) is 7.67. The largest absolute Gasteiger partial charge is 0.396 e. The van der Waals surface area contributed by atoms with E-state index in [1.54, 1.807) is 12.3 Å². The van der Waals surface area contributed by atoms with E-state index in [9.17, 15) is 4.79 Å². The molecule has 16 heavy (non-hydrogen) atoms. The molecule has 0 aromatic carbocycles. The molecular formula is C11H17BrN2O2. The van der Waals surface area contributed by atoms with Crippen LogP contribution in [-0.4, -0.2) is 29.1 Å². The molecule has 1 atom stereocenters. The van der Waals surface area contributed by atoms with E-state index >= 15 is 0 Å². The Morgan fingerprint density at radius 1 is 1.69 bits per heavy atom. The van der Waals surface area contributed by atoms with Crippen LogP contribution in [0.1, 0.15) is 30.3 Å². The molecule has 1 amide bonds. The van der Waals surface area contributed by atoms with Crippen molar-refractivity contribution in [2.75, 3.05) is 13.2 Å². The molecule has 0 spiro atoms. The van der Waals surface area contributed by atoms with Crippen LogP contribution in [0.4, 0.5) is 0 Å². The number of aliphatic hydroxyl groups is 1. The topological polar surface area (TPSA) is 65.1 Å². The number of carbonyl (C=O) groups is 1. The van der Waals surface area contributed by atoms with Gasteiger partial charge in [-0.3, -0.25) is 4.79 Å². The Kier molecular flexibility index (Phi) is 5.55. The number of hydrogen-bond acceptors (Lipinski definition) is 2. The normalized spacial score (nSPS) is 12.4. The number of amides is 1. The quantitative estimate of drug-likeness (QED) is 0.749.